The molecule has 0 unspecified atom stereocenters. The third-order valence-corrected chi connectivity index (χ3v) is 5.38. The summed E-state index contributed by atoms with van der Waals surface area (Å²) in [6.45, 7) is 0. The fourth-order valence-electron chi connectivity index (χ4n) is 2.15. The third kappa shape index (κ3) is 3.85. The summed E-state index contributed by atoms with van der Waals surface area (Å²) in [5, 5.41) is 2.53. The molecule has 2 aromatic rings. The van der Waals surface area contributed by atoms with Gasteiger partial charge in [-0.2, -0.15) is 0 Å². The van der Waals surface area contributed by atoms with Gasteiger partial charge < -0.3 is 5.32 Å². The first kappa shape index (κ1) is 16.7. The fourth-order valence-corrected chi connectivity index (χ4v) is 3.74. The molecular weight excluding hydrogens is 355 g/mol. The number of amides is 1. The minimum Gasteiger partial charge on any atom is -0.326 e. The number of halogens is 2. The van der Waals surface area contributed by atoms with Crippen LogP contribution in [-0.2, 0) is 14.8 Å². The van der Waals surface area contributed by atoms with Crippen LogP contribution in [0.4, 0.5) is 15.8 Å². The monoisotopic (exact) mass is 368 g/mol. The van der Waals surface area contributed by atoms with Gasteiger partial charge >= 0.3 is 0 Å². The van der Waals surface area contributed by atoms with Crippen molar-refractivity contribution in [3.05, 3.63) is 53.3 Å². The van der Waals surface area contributed by atoms with Gasteiger partial charge in [-0.25, -0.2) is 12.8 Å². The number of nitrogens with one attached hydrogen (secondary N) is 2. The number of carbonyl (C=O) groups is 1. The Hall–Kier alpha value is -2.12. The van der Waals surface area contributed by atoms with Crippen LogP contribution in [0.15, 0.2) is 47.4 Å². The average Bonchev–Trinajstić information content (AvgIpc) is 3.31. The maximum absolute atomic E-state index is 13.1. The highest BCUT2D eigenvalue weighted by Crippen LogP contribution is 2.31. The Morgan fingerprint density at radius 1 is 1.12 bits per heavy atom. The van der Waals surface area contributed by atoms with Crippen molar-refractivity contribution in [1.82, 2.24) is 0 Å². The first-order valence-corrected chi connectivity index (χ1v) is 9.10. The molecule has 1 aliphatic rings. The second kappa shape index (κ2) is 6.41. The highest BCUT2D eigenvalue weighted by atomic mass is 35.5. The zero-order valence-corrected chi connectivity index (χ0v) is 14.0. The van der Waals surface area contributed by atoms with Crippen molar-refractivity contribution >= 4 is 38.9 Å². The molecule has 1 saturated carbocycles. The van der Waals surface area contributed by atoms with E-state index in [1.165, 1.54) is 6.07 Å². The van der Waals surface area contributed by atoms with Gasteiger partial charge in [0, 0.05) is 11.6 Å². The molecule has 5 nitrogen and oxygen atoms in total. The summed E-state index contributed by atoms with van der Waals surface area (Å²) in [6.07, 6.45) is 1.75. The second-order valence-corrected chi connectivity index (χ2v) is 7.58. The predicted octanol–water partition coefficient (Wildman–Crippen LogP) is 3.63. The molecule has 0 atom stereocenters. The quantitative estimate of drug-likeness (QED) is 0.846. The standard InChI is InChI=1S/C16H14ClFN2O3S/c17-14-8-11(18)6-7-15(14)24(22,23)20-13-3-1-2-12(9-13)19-16(21)10-4-5-10/h1-3,6-10,20H,4-5H2,(H,19,21). The van der Waals surface area contributed by atoms with Crippen molar-refractivity contribution in [3.8, 4) is 0 Å². The Bertz CT molecular complexity index is 898. The fraction of sp³-hybridized carbons (Fsp3) is 0.188. The Morgan fingerprint density at radius 3 is 2.50 bits per heavy atom. The minimum absolute atomic E-state index is 0.0448. The number of sulfonamides is 1. The van der Waals surface area contributed by atoms with Gasteiger partial charge in [-0.3, -0.25) is 9.52 Å². The van der Waals surface area contributed by atoms with Crippen LogP contribution >= 0.6 is 11.6 Å². The smallest absolute Gasteiger partial charge is 0.263 e. The van der Waals surface area contributed by atoms with Gasteiger partial charge in [-0.05, 0) is 49.2 Å². The van der Waals surface area contributed by atoms with E-state index in [0.717, 1.165) is 31.0 Å². The molecule has 1 aliphatic carbocycles. The summed E-state index contributed by atoms with van der Waals surface area (Å²) in [6, 6.07) is 9.39. The lowest BCUT2D eigenvalue weighted by Crippen LogP contribution is -2.15. The lowest BCUT2D eigenvalue weighted by molar-refractivity contribution is -0.117. The van der Waals surface area contributed by atoms with Gasteiger partial charge in [-0.15, -0.1) is 0 Å². The summed E-state index contributed by atoms with van der Waals surface area (Å²) in [5.74, 6) is -0.649. The van der Waals surface area contributed by atoms with E-state index in [0.29, 0.717) is 5.69 Å². The molecule has 0 heterocycles. The van der Waals surface area contributed by atoms with Crippen molar-refractivity contribution in [2.75, 3.05) is 10.0 Å². The highest BCUT2D eigenvalue weighted by molar-refractivity contribution is 7.92. The zero-order valence-electron chi connectivity index (χ0n) is 12.4. The van der Waals surface area contributed by atoms with Crippen molar-refractivity contribution < 1.29 is 17.6 Å². The molecule has 0 bridgehead atoms. The number of rotatable bonds is 5. The van der Waals surface area contributed by atoms with Crippen LogP contribution in [0.3, 0.4) is 0 Å². The lowest BCUT2D eigenvalue weighted by atomic mass is 10.2. The van der Waals surface area contributed by atoms with Gasteiger partial charge in [0.05, 0.1) is 10.7 Å². The number of benzene rings is 2. The summed E-state index contributed by atoms with van der Waals surface area (Å²) in [7, 11) is -3.97. The Balaban J connectivity index is 1.80. The van der Waals surface area contributed by atoms with Crippen LogP contribution in [0.2, 0.25) is 5.02 Å². The third-order valence-electron chi connectivity index (χ3n) is 3.51. The maximum atomic E-state index is 13.1. The van der Waals surface area contributed by atoms with E-state index in [4.69, 9.17) is 11.6 Å². The normalized spacial score (nSPS) is 14.2. The van der Waals surface area contributed by atoms with E-state index in [9.17, 15) is 17.6 Å². The molecule has 0 radical (unpaired) electrons. The van der Waals surface area contributed by atoms with Gasteiger partial charge in [0.2, 0.25) is 5.91 Å². The number of hydrogen-bond acceptors (Lipinski definition) is 3. The molecule has 0 saturated heterocycles. The SMILES string of the molecule is O=C(Nc1cccc(NS(=O)(=O)c2ccc(F)cc2Cl)c1)C1CC1. The van der Waals surface area contributed by atoms with E-state index in [1.807, 2.05) is 0 Å². The van der Waals surface area contributed by atoms with Crippen molar-refractivity contribution in [3.63, 3.8) is 0 Å². The van der Waals surface area contributed by atoms with Crippen LogP contribution < -0.4 is 10.0 Å². The van der Waals surface area contributed by atoms with Crippen LogP contribution in [0, 0.1) is 11.7 Å². The van der Waals surface area contributed by atoms with Gasteiger partial charge in [0.15, 0.2) is 0 Å². The van der Waals surface area contributed by atoms with Gasteiger partial charge in [0.1, 0.15) is 10.7 Å². The maximum Gasteiger partial charge on any atom is 0.263 e. The zero-order chi connectivity index (χ0) is 17.3. The number of carbonyl (C=O) groups excluding carboxylic acids is 1. The van der Waals surface area contributed by atoms with Crippen LogP contribution in [0.25, 0.3) is 0 Å². The van der Waals surface area contributed by atoms with E-state index in [-0.39, 0.29) is 27.4 Å². The Morgan fingerprint density at radius 2 is 1.83 bits per heavy atom. The summed E-state index contributed by atoms with van der Waals surface area (Å²) < 4.78 is 40.2. The highest BCUT2D eigenvalue weighted by Gasteiger charge is 2.29. The average molecular weight is 369 g/mol. The largest absolute Gasteiger partial charge is 0.326 e. The summed E-state index contributed by atoms with van der Waals surface area (Å²) in [4.78, 5) is 11.5. The van der Waals surface area contributed by atoms with Gasteiger partial charge in [0.25, 0.3) is 10.0 Å². The molecule has 2 aromatic carbocycles. The summed E-state index contributed by atoms with van der Waals surface area (Å²) in [5.41, 5.74) is 0.765. The van der Waals surface area contributed by atoms with E-state index < -0.39 is 15.8 Å². The predicted molar refractivity (Wildman–Crippen MR) is 90.0 cm³/mol. The molecule has 1 fully saturated rings. The molecule has 1 amide bonds. The Kier molecular flexibility index (Phi) is 4.47. The van der Waals surface area contributed by atoms with Crippen molar-refractivity contribution in [2.45, 2.75) is 17.7 Å². The van der Waals surface area contributed by atoms with E-state index in [1.54, 1.807) is 18.2 Å². The van der Waals surface area contributed by atoms with Crippen LogP contribution in [0.5, 0.6) is 0 Å². The Labute approximate surface area is 143 Å². The molecule has 24 heavy (non-hydrogen) atoms. The van der Waals surface area contributed by atoms with Crippen molar-refractivity contribution in [2.24, 2.45) is 5.92 Å². The molecule has 2 N–H and O–H groups in total. The van der Waals surface area contributed by atoms with Crippen LogP contribution in [-0.4, -0.2) is 14.3 Å². The molecule has 0 spiro atoms. The van der Waals surface area contributed by atoms with E-state index >= 15 is 0 Å². The minimum atomic E-state index is -3.97. The molecule has 8 heteroatoms. The molecule has 126 valence electrons. The first-order chi connectivity index (χ1) is 11.3. The number of anilines is 2. The topological polar surface area (TPSA) is 75.3 Å². The molecule has 0 aliphatic heterocycles. The second-order valence-electron chi connectivity index (χ2n) is 5.52. The van der Waals surface area contributed by atoms with Crippen molar-refractivity contribution in [1.29, 1.82) is 0 Å². The molecular formula is C16H14ClFN2O3S. The lowest BCUT2D eigenvalue weighted by Gasteiger charge is -2.11. The van der Waals surface area contributed by atoms with E-state index in [2.05, 4.69) is 10.0 Å². The molecule has 0 aromatic heterocycles. The summed E-state index contributed by atoms with van der Waals surface area (Å²) >= 11 is 5.81. The van der Waals surface area contributed by atoms with Crippen LogP contribution in [0.1, 0.15) is 12.8 Å². The molecule has 3 rings (SSSR count). The van der Waals surface area contributed by atoms with Gasteiger partial charge in [-0.1, -0.05) is 17.7 Å². The number of hydrogen-bond donors (Lipinski definition) is 2. The first-order valence-electron chi connectivity index (χ1n) is 7.24.